The first kappa shape index (κ1) is 17.7. The van der Waals surface area contributed by atoms with Gasteiger partial charge >= 0.3 is 0 Å². The summed E-state index contributed by atoms with van der Waals surface area (Å²) in [6, 6.07) is 13.9. The Morgan fingerprint density at radius 3 is 2.64 bits per heavy atom. The quantitative estimate of drug-likeness (QED) is 0.660. The molecular formula is C17H15ClN2O3S2. The van der Waals surface area contributed by atoms with Crippen LogP contribution >= 0.6 is 22.9 Å². The SMILES string of the molecule is CCOc1ccc(S(=O)(=O)Nc2nc(-c3ccccc3)cs2)cc1Cl. The Kier molecular flexibility index (Phi) is 5.27. The monoisotopic (exact) mass is 394 g/mol. The molecule has 0 fully saturated rings. The Bertz CT molecular complexity index is 973. The summed E-state index contributed by atoms with van der Waals surface area (Å²) in [7, 11) is -3.78. The summed E-state index contributed by atoms with van der Waals surface area (Å²) in [6.07, 6.45) is 0. The van der Waals surface area contributed by atoms with Crippen molar-refractivity contribution < 1.29 is 13.2 Å². The van der Waals surface area contributed by atoms with Gasteiger partial charge in [0.05, 0.1) is 22.2 Å². The molecule has 0 amide bonds. The van der Waals surface area contributed by atoms with Gasteiger partial charge in [-0.2, -0.15) is 0 Å². The predicted molar refractivity (Wildman–Crippen MR) is 101 cm³/mol. The van der Waals surface area contributed by atoms with E-state index in [-0.39, 0.29) is 9.92 Å². The van der Waals surface area contributed by atoms with Crippen molar-refractivity contribution >= 4 is 38.1 Å². The Hall–Kier alpha value is -2.09. The Morgan fingerprint density at radius 2 is 1.96 bits per heavy atom. The van der Waals surface area contributed by atoms with E-state index in [4.69, 9.17) is 16.3 Å². The van der Waals surface area contributed by atoms with Crippen LogP contribution in [0.3, 0.4) is 0 Å². The molecule has 8 heteroatoms. The Labute approximate surface area is 155 Å². The topological polar surface area (TPSA) is 68.3 Å². The summed E-state index contributed by atoms with van der Waals surface area (Å²) in [5.74, 6) is 0.448. The van der Waals surface area contributed by atoms with E-state index in [2.05, 4.69) is 9.71 Å². The van der Waals surface area contributed by atoms with Crippen molar-refractivity contribution in [1.29, 1.82) is 0 Å². The molecule has 0 bridgehead atoms. The van der Waals surface area contributed by atoms with Crippen LogP contribution in [0.5, 0.6) is 5.75 Å². The van der Waals surface area contributed by atoms with Crippen LogP contribution in [0.4, 0.5) is 5.13 Å². The normalized spacial score (nSPS) is 11.3. The lowest BCUT2D eigenvalue weighted by molar-refractivity contribution is 0.340. The van der Waals surface area contributed by atoms with Crippen LogP contribution in [0.2, 0.25) is 5.02 Å². The number of nitrogens with zero attached hydrogens (tertiary/aromatic N) is 1. The standard InChI is InChI=1S/C17H15ClN2O3S2/c1-2-23-16-9-8-13(10-14(16)18)25(21,22)20-17-19-15(11-24-17)12-6-4-3-5-7-12/h3-11H,2H2,1H3,(H,19,20). The van der Waals surface area contributed by atoms with Crippen LogP contribution in [0.15, 0.2) is 58.8 Å². The molecule has 25 heavy (non-hydrogen) atoms. The number of hydrogen-bond donors (Lipinski definition) is 1. The fraction of sp³-hybridized carbons (Fsp3) is 0.118. The van der Waals surface area contributed by atoms with Gasteiger partial charge in [-0.25, -0.2) is 13.4 Å². The molecule has 0 atom stereocenters. The minimum Gasteiger partial charge on any atom is -0.492 e. The smallest absolute Gasteiger partial charge is 0.263 e. The lowest BCUT2D eigenvalue weighted by Crippen LogP contribution is -2.12. The van der Waals surface area contributed by atoms with Crippen molar-refractivity contribution in [3.8, 4) is 17.0 Å². The van der Waals surface area contributed by atoms with Crippen LogP contribution in [0.1, 0.15) is 6.92 Å². The molecule has 0 saturated carbocycles. The molecule has 0 saturated heterocycles. The summed E-state index contributed by atoms with van der Waals surface area (Å²) in [5, 5.41) is 2.34. The molecule has 1 N–H and O–H groups in total. The number of benzene rings is 2. The van der Waals surface area contributed by atoms with E-state index in [1.165, 1.54) is 29.5 Å². The number of thiazole rings is 1. The highest BCUT2D eigenvalue weighted by molar-refractivity contribution is 7.93. The van der Waals surface area contributed by atoms with Crippen molar-refractivity contribution in [2.75, 3.05) is 11.3 Å². The second kappa shape index (κ2) is 7.43. The minimum atomic E-state index is -3.78. The maximum Gasteiger partial charge on any atom is 0.263 e. The molecular weight excluding hydrogens is 380 g/mol. The van der Waals surface area contributed by atoms with Crippen LogP contribution < -0.4 is 9.46 Å². The molecule has 2 aromatic carbocycles. The molecule has 0 spiro atoms. The summed E-state index contributed by atoms with van der Waals surface area (Å²) in [5.41, 5.74) is 1.64. The first-order chi connectivity index (χ1) is 12.0. The predicted octanol–water partition coefficient (Wildman–Crippen LogP) is 4.66. The second-order valence-corrected chi connectivity index (χ2v) is 7.98. The summed E-state index contributed by atoms with van der Waals surface area (Å²) in [6.45, 7) is 2.28. The van der Waals surface area contributed by atoms with Crippen molar-refractivity contribution in [3.05, 3.63) is 58.9 Å². The minimum absolute atomic E-state index is 0.0532. The average molecular weight is 395 g/mol. The first-order valence-electron chi connectivity index (χ1n) is 7.45. The van der Waals surface area contributed by atoms with Crippen LogP contribution in [0.25, 0.3) is 11.3 Å². The molecule has 0 aliphatic carbocycles. The number of sulfonamides is 1. The number of hydrogen-bond acceptors (Lipinski definition) is 5. The zero-order valence-corrected chi connectivity index (χ0v) is 15.7. The Balaban J connectivity index is 1.82. The number of rotatable bonds is 6. The third-order valence-corrected chi connectivity index (χ3v) is 5.83. The van der Waals surface area contributed by atoms with Gasteiger partial charge in [0, 0.05) is 10.9 Å². The number of nitrogens with one attached hydrogen (secondary N) is 1. The average Bonchev–Trinajstić information content (AvgIpc) is 3.05. The maximum absolute atomic E-state index is 12.5. The molecule has 0 radical (unpaired) electrons. The summed E-state index contributed by atoms with van der Waals surface area (Å²) >= 11 is 7.29. The molecule has 130 valence electrons. The van der Waals surface area contributed by atoms with E-state index in [0.717, 1.165) is 5.56 Å². The molecule has 5 nitrogen and oxygen atoms in total. The van der Waals surface area contributed by atoms with Gasteiger partial charge in [0.25, 0.3) is 10.0 Å². The Morgan fingerprint density at radius 1 is 1.20 bits per heavy atom. The van der Waals surface area contributed by atoms with E-state index in [0.29, 0.717) is 23.2 Å². The zero-order valence-electron chi connectivity index (χ0n) is 13.3. The summed E-state index contributed by atoms with van der Waals surface area (Å²) in [4.78, 5) is 4.38. The second-order valence-electron chi connectivity index (χ2n) is 5.03. The third kappa shape index (κ3) is 4.12. The van der Waals surface area contributed by atoms with Gasteiger partial charge in [-0.05, 0) is 25.1 Å². The van der Waals surface area contributed by atoms with Gasteiger partial charge in [-0.15, -0.1) is 11.3 Å². The van der Waals surface area contributed by atoms with Gasteiger partial charge in [0.2, 0.25) is 0 Å². The van der Waals surface area contributed by atoms with Crippen LogP contribution in [0, 0.1) is 0 Å². The third-order valence-electron chi connectivity index (χ3n) is 3.31. The van der Waals surface area contributed by atoms with E-state index in [1.54, 1.807) is 5.38 Å². The zero-order chi connectivity index (χ0) is 17.9. The largest absolute Gasteiger partial charge is 0.492 e. The molecule has 1 aromatic heterocycles. The van der Waals surface area contributed by atoms with E-state index < -0.39 is 10.0 Å². The number of anilines is 1. The van der Waals surface area contributed by atoms with Crippen molar-refractivity contribution in [1.82, 2.24) is 4.98 Å². The highest BCUT2D eigenvalue weighted by atomic mass is 35.5. The fourth-order valence-corrected chi connectivity index (χ4v) is 4.46. The maximum atomic E-state index is 12.5. The molecule has 3 rings (SSSR count). The molecule has 0 unspecified atom stereocenters. The molecule has 0 aliphatic rings. The highest BCUT2D eigenvalue weighted by Gasteiger charge is 2.18. The van der Waals surface area contributed by atoms with Crippen LogP contribution in [-0.4, -0.2) is 20.0 Å². The number of ether oxygens (including phenoxy) is 1. The van der Waals surface area contributed by atoms with Crippen LogP contribution in [-0.2, 0) is 10.0 Å². The lowest BCUT2D eigenvalue weighted by Gasteiger charge is -2.09. The van der Waals surface area contributed by atoms with E-state index >= 15 is 0 Å². The van der Waals surface area contributed by atoms with Gasteiger partial charge in [0.1, 0.15) is 5.75 Å². The molecule has 1 heterocycles. The number of halogens is 1. The highest BCUT2D eigenvalue weighted by Crippen LogP contribution is 2.30. The van der Waals surface area contributed by atoms with Crippen molar-refractivity contribution in [3.63, 3.8) is 0 Å². The number of aromatic nitrogens is 1. The van der Waals surface area contributed by atoms with Gasteiger partial charge < -0.3 is 4.74 Å². The molecule has 0 aliphatic heterocycles. The first-order valence-corrected chi connectivity index (χ1v) is 10.2. The van der Waals surface area contributed by atoms with Crippen molar-refractivity contribution in [2.45, 2.75) is 11.8 Å². The van der Waals surface area contributed by atoms with Gasteiger partial charge in [0.15, 0.2) is 5.13 Å². The van der Waals surface area contributed by atoms with Gasteiger partial charge in [-0.1, -0.05) is 41.9 Å². The fourth-order valence-electron chi connectivity index (χ4n) is 2.16. The van der Waals surface area contributed by atoms with E-state index in [1.807, 2.05) is 37.3 Å². The lowest BCUT2D eigenvalue weighted by atomic mass is 10.2. The van der Waals surface area contributed by atoms with E-state index in [9.17, 15) is 8.42 Å². The van der Waals surface area contributed by atoms with Gasteiger partial charge in [-0.3, -0.25) is 4.72 Å². The summed E-state index contributed by atoms with van der Waals surface area (Å²) < 4.78 is 32.9. The van der Waals surface area contributed by atoms with Crippen molar-refractivity contribution in [2.24, 2.45) is 0 Å². The molecule has 3 aromatic rings.